The molecule has 2 heterocycles. The molecule has 3 fully saturated rings. The van der Waals surface area contributed by atoms with E-state index >= 15 is 0 Å². The van der Waals surface area contributed by atoms with E-state index in [1.54, 1.807) is 0 Å². The van der Waals surface area contributed by atoms with E-state index in [4.69, 9.17) is 59.8 Å². The molecular weight excluding hydrogens is 612 g/mol. The number of nitrogens with two attached hydrogens (primary N) is 5. The SMILES string of the molecule is CNC1C(OC2C(OC3C(O)C(O)C(N=C(N)N)C(O)C3N=C(N)N)OC(C)C2(O)/C=N/NC(N)=S)OC(CO)C(O)C1O. The molecule has 0 aromatic rings. The molecule has 1 saturated carbocycles. The number of likely N-dealkylation sites (N-methyl/N-ethyl adjacent to an activating group) is 1. The highest BCUT2D eigenvalue weighted by atomic mass is 32.1. The lowest BCUT2D eigenvalue weighted by Crippen LogP contribution is -2.66. The van der Waals surface area contributed by atoms with Crippen molar-refractivity contribution in [2.45, 2.75) is 98.2 Å². The van der Waals surface area contributed by atoms with E-state index in [2.05, 4.69) is 25.8 Å². The fourth-order valence-electron chi connectivity index (χ4n) is 5.29. The van der Waals surface area contributed by atoms with Crippen molar-refractivity contribution in [2.24, 2.45) is 43.8 Å². The molecule has 44 heavy (non-hydrogen) atoms. The molecule has 15 unspecified atom stereocenters. The van der Waals surface area contributed by atoms with Crippen LogP contribution in [-0.2, 0) is 18.9 Å². The first kappa shape index (κ1) is 35.9. The van der Waals surface area contributed by atoms with E-state index < -0.39 is 110 Å². The maximum absolute atomic E-state index is 11.8. The van der Waals surface area contributed by atoms with Crippen molar-refractivity contribution < 1.29 is 54.7 Å². The van der Waals surface area contributed by atoms with Gasteiger partial charge in [-0.25, -0.2) is 9.98 Å². The van der Waals surface area contributed by atoms with Gasteiger partial charge in [0.25, 0.3) is 0 Å². The van der Waals surface area contributed by atoms with E-state index in [9.17, 15) is 35.7 Å². The fourth-order valence-corrected chi connectivity index (χ4v) is 5.35. The Bertz CT molecular complexity index is 1090. The molecule has 1 aliphatic carbocycles. The number of aliphatic hydroxyl groups is 7. The van der Waals surface area contributed by atoms with Crippen LogP contribution < -0.4 is 39.4 Å². The Balaban J connectivity index is 2.04. The molecule has 19 N–H and O–H groups in total. The zero-order chi connectivity index (χ0) is 33.1. The number of nitrogens with one attached hydrogen (secondary N) is 2. The maximum atomic E-state index is 11.8. The molecule has 22 heteroatoms. The van der Waals surface area contributed by atoms with Gasteiger partial charge in [0.1, 0.15) is 60.9 Å². The maximum Gasteiger partial charge on any atom is 0.188 e. The number of hydrogen-bond donors (Lipinski definition) is 14. The Morgan fingerprint density at radius 1 is 0.886 bits per heavy atom. The molecule has 21 nitrogen and oxygen atoms in total. The molecule has 3 aliphatic rings. The van der Waals surface area contributed by atoms with Crippen LogP contribution in [0, 0.1) is 0 Å². The third-order valence-corrected chi connectivity index (χ3v) is 7.69. The molecule has 0 bridgehead atoms. The number of nitrogens with zero attached hydrogens (tertiary/aromatic N) is 3. The van der Waals surface area contributed by atoms with Crippen LogP contribution in [0.5, 0.6) is 0 Å². The molecular formula is C22H42N10O11S. The lowest BCUT2D eigenvalue weighted by Gasteiger charge is -2.45. The van der Waals surface area contributed by atoms with Crippen molar-refractivity contribution in [1.29, 1.82) is 0 Å². The highest BCUT2D eigenvalue weighted by molar-refractivity contribution is 7.80. The van der Waals surface area contributed by atoms with Crippen molar-refractivity contribution in [3.8, 4) is 0 Å². The second-order valence-electron chi connectivity index (χ2n) is 10.5. The number of hydrogen-bond acceptors (Lipinski definition) is 16. The van der Waals surface area contributed by atoms with Crippen molar-refractivity contribution in [3.63, 3.8) is 0 Å². The largest absolute Gasteiger partial charge is 0.394 e. The number of aliphatic imine (C=N–C) groups is 2. The molecule has 3 rings (SSSR count). The smallest absolute Gasteiger partial charge is 0.188 e. The minimum absolute atomic E-state index is 0.237. The predicted molar refractivity (Wildman–Crippen MR) is 155 cm³/mol. The highest BCUT2D eigenvalue weighted by Gasteiger charge is 2.60. The number of thiocarbonyl (C=S) groups is 1. The molecule has 0 spiro atoms. The Hall–Kier alpha value is -2.58. The van der Waals surface area contributed by atoms with Gasteiger partial charge in [-0.3, -0.25) is 5.43 Å². The van der Waals surface area contributed by atoms with Crippen molar-refractivity contribution >= 4 is 35.5 Å². The van der Waals surface area contributed by atoms with Crippen molar-refractivity contribution in [3.05, 3.63) is 0 Å². The van der Waals surface area contributed by atoms with Crippen LogP contribution in [0.15, 0.2) is 15.1 Å². The second kappa shape index (κ2) is 14.7. The summed E-state index contributed by atoms with van der Waals surface area (Å²) in [4.78, 5) is 7.71. The average Bonchev–Trinajstić information content (AvgIpc) is 3.17. The van der Waals surface area contributed by atoms with Crippen LogP contribution in [0.3, 0.4) is 0 Å². The molecule has 0 aromatic heterocycles. The monoisotopic (exact) mass is 654 g/mol. The Morgan fingerprint density at radius 2 is 1.50 bits per heavy atom. The summed E-state index contributed by atoms with van der Waals surface area (Å²) in [5.74, 6) is -1.02. The van der Waals surface area contributed by atoms with Crippen LogP contribution in [-0.4, -0.2) is 164 Å². The summed E-state index contributed by atoms with van der Waals surface area (Å²) in [5.41, 5.74) is 27.5. The van der Waals surface area contributed by atoms with Crippen LogP contribution in [0.1, 0.15) is 6.92 Å². The normalized spacial score (nSPS) is 44.3. The third-order valence-electron chi connectivity index (χ3n) is 7.59. The molecule has 15 atom stereocenters. The Morgan fingerprint density at radius 3 is 2.05 bits per heavy atom. The van der Waals surface area contributed by atoms with Gasteiger partial charge in [0.15, 0.2) is 35.2 Å². The van der Waals surface area contributed by atoms with Gasteiger partial charge in [-0.05, 0) is 26.2 Å². The summed E-state index contributed by atoms with van der Waals surface area (Å²) >= 11 is 4.74. The lowest BCUT2D eigenvalue weighted by atomic mass is 9.81. The van der Waals surface area contributed by atoms with E-state index in [0.717, 1.165) is 6.21 Å². The van der Waals surface area contributed by atoms with Crippen LogP contribution >= 0.6 is 12.2 Å². The molecule has 252 valence electrons. The summed E-state index contributed by atoms with van der Waals surface area (Å²) in [5, 5.41) is 81.7. The standard InChI is InChI=1S/C22H42N10O11S/c1-5-22(39,4-29-32-21(27)44)16(43-17-9(28-2)13(37)10(34)6(3-33)41-17)18(40-5)42-15-8(31-20(25)26)11(35)7(30-19(23)24)12(36)14(15)38/h4-18,28,33-39H,3H2,1-2H3,(H4,23,24,30)(H4,25,26,31)(H3,27,32,44)/b29-4+. The van der Waals surface area contributed by atoms with Crippen molar-refractivity contribution in [2.75, 3.05) is 13.7 Å². The minimum Gasteiger partial charge on any atom is -0.394 e. The second-order valence-corrected chi connectivity index (χ2v) is 10.9. The summed E-state index contributed by atoms with van der Waals surface area (Å²) < 4.78 is 23.6. The third kappa shape index (κ3) is 7.44. The van der Waals surface area contributed by atoms with Gasteiger partial charge in [-0.1, -0.05) is 0 Å². The molecule has 2 aliphatic heterocycles. The molecule has 0 aromatic carbocycles. The van der Waals surface area contributed by atoms with Gasteiger partial charge >= 0.3 is 0 Å². The van der Waals surface area contributed by atoms with E-state index in [0.29, 0.717) is 0 Å². The predicted octanol–water partition coefficient (Wildman–Crippen LogP) is -8.54. The van der Waals surface area contributed by atoms with Crippen LogP contribution in [0.25, 0.3) is 0 Å². The lowest BCUT2D eigenvalue weighted by molar-refractivity contribution is -0.313. The number of ether oxygens (including phenoxy) is 4. The van der Waals surface area contributed by atoms with Crippen LogP contribution in [0.2, 0.25) is 0 Å². The molecule has 2 saturated heterocycles. The first-order valence-corrected chi connectivity index (χ1v) is 13.8. The average molecular weight is 655 g/mol. The minimum atomic E-state index is -2.18. The first-order valence-electron chi connectivity index (χ1n) is 13.4. The zero-order valence-electron chi connectivity index (χ0n) is 23.8. The van der Waals surface area contributed by atoms with E-state index in [-0.39, 0.29) is 5.11 Å². The first-order chi connectivity index (χ1) is 20.6. The van der Waals surface area contributed by atoms with Crippen LogP contribution in [0.4, 0.5) is 0 Å². The van der Waals surface area contributed by atoms with Gasteiger partial charge in [0, 0.05) is 0 Å². The van der Waals surface area contributed by atoms with E-state index in [1.807, 2.05) is 0 Å². The Kier molecular flexibility index (Phi) is 12.0. The number of hydrazone groups is 1. The topological polar surface area (TPSA) is 370 Å². The Labute approximate surface area is 256 Å². The summed E-state index contributed by atoms with van der Waals surface area (Å²) in [6.45, 7) is 0.721. The summed E-state index contributed by atoms with van der Waals surface area (Å²) in [7, 11) is 1.44. The zero-order valence-corrected chi connectivity index (χ0v) is 24.6. The molecule has 0 radical (unpaired) electrons. The van der Waals surface area contributed by atoms with Crippen molar-refractivity contribution in [1.82, 2.24) is 10.7 Å². The number of rotatable bonds is 10. The van der Waals surface area contributed by atoms with Gasteiger partial charge in [0.2, 0.25) is 0 Å². The fraction of sp³-hybridized carbons (Fsp3) is 0.818. The summed E-state index contributed by atoms with van der Waals surface area (Å²) in [6, 6.07) is -4.07. The quantitative estimate of drug-likeness (QED) is 0.0450. The van der Waals surface area contributed by atoms with E-state index in [1.165, 1.54) is 14.0 Å². The van der Waals surface area contributed by atoms with Gasteiger partial charge in [-0.15, -0.1) is 0 Å². The molecule has 0 amide bonds. The van der Waals surface area contributed by atoms with Gasteiger partial charge in [-0.2, -0.15) is 5.10 Å². The number of aliphatic hydroxyl groups excluding tert-OH is 6. The number of guanidine groups is 2. The van der Waals surface area contributed by atoms with Gasteiger partial charge < -0.3 is 88.7 Å². The summed E-state index contributed by atoms with van der Waals surface area (Å²) in [6.07, 6.45) is -16.2. The van der Waals surface area contributed by atoms with Gasteiger partial charge in [0.05, 0.1) is 25.0 Å². The highest BCUT2D eigenvalue weighted by Crippen LogP contribution is 2.38.